The first-order chi connectivity index (χ1) is 14.5. The fraction of sp³-hybridized carbons (Fsp3) is 0.562. The van der Waals surface area contributed by atoms with Crippen molar-refractivity contribution in [3.63, 3.8) is 0 Å². The van der Waals surface area contributed by atoms with E-state index in [2.05, 4.69) is 20.8 Å². The first-order valence-corrected chi connectivity index (χ1v) is 10.3. The number of hydrogen-bond donors (Lipinski definition) is 2. The molecule has 2 saturated heterocycles. The molecule has 1 saturated carbocycles. The number of carboxylic acid groups (broad SMARTS) is 1. The van der Waals surface area contributed by atoms with Gasteiger partial charge >= 0.3 is 35.5 Å². The molecule has 1 aromatic rings. The Hall–Kier alpha value is -2.16. The summed E-state index contributed by atoms with van der Waals surface area (Å²) in [5, 5.41) is 24.1. The molecule has 4 heterocycles. The fourth-order valence-corrected chi connectivity index (χ4v) is 4.78. The summed E-state index contributed by atoms with van der Waals surface area (Å²) in [7, 11) is 0. The third-order valence-corrected chi connectivity index (χ3v) is 6.40. The largest absolute Gasteiger partial charge is 1.00 e. The Labute approximate surface area is 203 Å². The molecule has 0 unspecified atom stereocenters. The predicted octanol–water partition coefficient (Wildman–Crippen LogP) is -5.09. The molecule has 2 N–H and O–H groups in total. The topological polar surface area (TPSA) is 160 Å². The van der Waals surface area contributed by atoms with Crippen LogP contribution in [0.15, 0.2) is 16.6 Å². The van der Waals surface area contributed by atoms with Gasteiger partial charge in [0.15, 0.2) is 5.70 Å². The summed E-state index contributed by atoms with van der Waals surface area (Å²) in [4.78, 5) is 50.1. The second kappa shape index (κ2) is 8.41. The van der Waals surface area contributed by atoms with Crippen molar-refractivity contribution in [2.45, 2.75) is 48.8 Å². The van der Waals surface area contributed by atoms with Crippen molar-refractivity contribution in [3.8, 4) is 0 Å². The van der Waals surface area contributed by atoms with E-state index >= 15 is 0 Å². The van der Waals surface area contributed by atoms with Crippen molar-refractivity contribution in [2.24, 2.45) is 0 Å². The Morgan fingerprint density at radius 3 is 2.84 bits per heavy atom. The minimum Gasteiger partial charge on any atom is -1.00 e. The van der Waals surface area contributed by atoms with Gasteiger partial charge in [0, 0.05) is 6.04 Å². The number of hydrogen-bond acceptors (Lipinski definition) is 9. The number of aliphatic carboxylic acids is 1. The number of nitrogens with zero attached hydrogens (tertiary/aromatic N) is 6. The number of aromatic nitrogens is 4. The molecule has 31 heavy (non-hydrogen) atoms. The normalized spacial score (nSPS) is 25.9. The summed E-state index contributed by atoms with van der Waals surface area (Å²) >= 11 is 1.10. The average Bonchev–Trinajstić information content (AvgIpc) is 3.29. The van der Waals surface area contributed by atoms with Gasteiger partial charge in [-0.15, -0.1) is 5.10 Å². The van der Waals surface area contributed by atoms with Crippen LogP contribution in [0.5, 0.6) is 0 Å². The van der Waals surface area contributed by atoms with Crippen molar-refractivity contribution in [1.29, 1.82) is 0 Å². The quantitative estimate of drug-likeness (QED) is 0.167. The maximum atomic E-state index is 12.5. The van der Waals surface area contributed by atoms with Crippen LogP contribution in [0.4, 0.5) is 0 Å². The molecule has 0 aromatic carbocycles. The Morgan fingerprint density at radius 1 is 1.39 bits per heavy atom. The number of rotatable bonds is 8. The van der Waals surface area contributed by atoms with Crippen molar-refractivity contribution < 1.29 is 60.0 Å². The molecule has 0 bridgehead atoms. The number of carboxylic acids is 1. The van der Waals surface area contributed by atoms with Crippen LogP contribution in [-0.2, 0) is 30.5 Å². The van der Waals surface area contributed by atoms with Crippen LogP contribution in [0.25, 0.3) is 0 Å². The second-order valence-corrected chi connectivity index (χ2v) is 8.37. The summed E-state index contributed by atoms with van der Waals surface area (Å²) < 4.78 is 7.20. The molecule has 160 valence electrons. The molecule has 0 spiro atoms. The van der Waals surface area contributed by atoms with Gasteiger partial charge in [0.25, 0.3) is 5.91 Å². The molecule has 5 rings (SSSR count). The minimum atomic E-state index is -1.29. The Kier molecular flexibility index (Phi) is 5.98. The van der Waals surface area contributed by atoms with Crippen LogP contribution in [0.2, 0.25) is 0 Å². The number of ether oxygens (including phenoxy) is 1. The monoisotopic (exact) mass is 459 g/mol. The van der Waals surface area contributed by atoms with Crippen LogP contribution < -0.4 is 34.9 Å². The van der Waals surface area contributed by atoms with Crippen molar-refractivity contribution in [3.05, 3.63) is 11.5 Å². The van der Waals surface area contributed by atoms with E-state index < -0.39 is 30.1 Å². The zero-order valence-electron chi connectivity index (χ0n) is 17.5. The number of likely N-dealkylation sites (tertiary alicyclic amines) is 1. The van der Waals surface area contributed by atoms with Gasteiger partial charge in [0.1, 0.15) is 30.5 Å². The third kappa shape index (κ3) is 3.81. The van der Waals surface area contributed by atoms with E-state index in [1.54, 1.807) is 0 Å². The number of thioether (sulfide) groups is 1. The standard InChI is InChI=1S/C16H17N7O6S.Na.H/c24-6-21-3-8-11-13(21)14(26)23(11)12(15(27)28)9(29-8)5-30-16-18-19-20-22(16)4-10(25)17-7-1-2-7;;/h6-8,11,13H,1-5H2,(H,17,25)(H,27,28);;/q;+1;-1/t8-,11-,13+;;/m1../s1. The number of tetrazole rings is 1. The van der Waals surface area contributed by atoms with Crippen LogP contribution >= 0.6 is 11.8 Å². The molecular weight excluding hydrogens is 441 g/mol. The third-order valence-electron chi connectivity index (χ3n) is 5.44. The SMILES string of the molecule is O=CN1C[C@H]2OC(CSc3nnnn3CC(=O)NC3CC3)=C(C(=O)O)N3C(=O)[C@@H]1[C@@H]23.[H-].[Na+]. The van der Waals surface area contributed by atoms with Crippen molar-refractivity contribution >= 4 is 36.0 Å². The molecule has 3 amide bonds. The zero-order valence-corrected chi connectivity index (χ0v) is 19.3. The van der Waals surface area contributed by atoms with Gasteiger partial charge < -0.3 is 21.5 Å². The number of nitrogens with one attached hydrogen (secondary N) is 1. The summed E-state index contributed by atoms with van der Waals surface area (Å²) in [5.74, 6) is -1.77. The number of carbonyl (C=O) groups is 4. The van der Waals surface area contributed by atoms with E-state index in [1.807, 2.05) is 0 Å². The van der Waals surface area contributed by atoms with Crippen molar-refractivity contribution in [2.75, 3.05) is 12.3 Å². The molecule has 3 fully saturated rings. The van der Waals surface area contributed by atoms with E-state index in [-0.39, 0.29) is 73.2 Å². The van der Waals surface area contributed by atoms with Gasteiger partial charge in [-0.05, 0) is 23.3 Å². The minimum absolute atomic E-state index is 0. The zero-order chi connectivity index (χ0) is 21.0. The first-order valence-electron chi connectivity index (χ1n) is 9.33. The summed E-state index contributed by atoms with van der Waals surface area (Å²) in [6.45, 7) is 0.157. The predicted molar refractivity (Wildman–Crippen MR) is 97.5 cm³/mol. The molecule has 0 radical (unpaired) electrons. The first kappa shape index (κ1) is 22.0. The van der Waals surface area contributed by atoms with E-state index in [4.69, 9.17) is 4.74 Å². The van der Waals surface area contributed by atoms with Gasteiger partial charge in [-0.3, -0.25) is 19.3 Å². The van der Waals surface area contributed by atoms with Gasteiger partial charge in [0.2, 0.25) is 17.5 Å². The molecule has 3 aliphatic heterocycles. The molecular formula is C16H18N7NaO6S. The number of β-lactam (4-membered cyclic amide) rings is 1. The van der Waals surface area contributed by atoms with Crippen LogP contribution in [0, 0.1) is 0 Å². The van der Waals surface area contributed by atoms with E-state index in [1.165, 1.54) is 14.5 Å². The maximum Gasteiger partial charge on any atom is 1.00 e. The Bertz CT molecular complexity index is 988. The van der Waals surface area contributed by atoms with Crippen LogP contribution in [0.3, 0.4) is 0 Å². The molecule has 3 atom stereocenters. The van der Waals surface area contributed by atoms with Crippen LogP contribution in [0.1, 0.15) is 14.3 Å². The van der Waals surface area contributed by atoms with E-state index in [9.17, 15) is 24.3 Å². The number of amides is 3. The Morgan fingerprint density at radius 2 is 2.16 bits per heavy atom. The maximum absolute atomic E-state index is 12.5. The second-order valence-electron chi connectivity index (χ2n) is 7.43. The van der Waals surface area contributed by atoms with Gasteiger partial charge in [-0.2, -0.15) is 0 Å². The smallest absolute Gasteiger partial charge is 1.00 e. The van der Waals surface area contributed by atoms with E-state index in [0.29, 0.717) is 11.6 Å². The van der Waals surface area contributed by atoms with Crippen molar-refractivity contribution in [1.82, 2.24) is 35.3 Å². The van der Waals surface area contributed by atoms with Gasteiger partial charge in [0.05, 0.1) is 12.3 Å². The summed E-state index contributed by atoms with van der Waals surface area (Å²) in [5.41, 5.74) is -0.233. The molecule has 1 aromatic heterocycles. The molecule has 4 aliphatic rings. The molecule has 1 aliphatic carbocycles. The van der Waals surface area contributed by atoms with E-state index in [0.717, 1.165) is 24.6 Å². The summed E-state index contributed by atoms with van der Waals surface area (Å²) in [6, 6.07) is -0.945. The van der Waals surface area contributed by atoms with Crippen LogP contribution in [-0.4, -0.2) is 95.8 Å². The molecule has 13 nitrogen and oxygen atoms in total. The fourth-order valence-electron chi connectivity index (χ4n) is 3.97. The molecule has 15 heteroatoms. The number of carbonyl (C=O) groups excluding carboxylic acids is 3. The summed E-state index contributed by atoms with van der Waals surface area (Å²) in [6.07, 6.45) is 2.02. The Balaban J connectivity index is 0.00000144. The average molecular weight is 459 g/mol. The van der Waals surface area contributed by atoms with Gasteiger partial charge in [-0.1, -0.05) is 11.8 Å². The van der Waals surface area contributed by atoms with Gasteiger partial charge in [-0.25, -0.2) is 9.48 Å².